The molecule has 0 radical (unpaired) electrons. The van der Waals surface area contributed by atoms with Crippen molar-refractivity contribution in [1.82, 2.24) is 0 Å². The molecule has 1 aliphatic rings. The summed E-state index contributed by atoms with van der Waals surface area (Å²) >= 11 is 0. The van der Waals surface area contributed by atoms with Gasteiger partial charge < -0.3 is 4.90 Å². The van der Waals surface area contributed by atoms with E-state index < -0.39 is 0 Å². The molecule has 0 heterocycles. The molecule has 1 aliphatic carbocycles. The van der Waals surface area contributed by atoms with Gasteiger partial charge in [0.15, 0.2) is 0 Å². The molecular formula is C30H33N. The molecule has 1 atom stereocenters. The maximum Gasteiger partial charge on any atom is 0.0497 e. The Morgan fingerprint density at radius 3 is 2.23 bits per heavy atom. The molecule has 0 bridgehead atoms. The van der Waals surface area contributed by atoms with E-state index in [0.717, 1.165) is 0 Å². The molecule has 0 aromatic heterocycles. The van der Waals surface area contributed by atoms with Gasteiger partial charge in [0.25, 0.3) is 0 Å². The van der Waals surface area contributed by atoms with Gasteiger partial charge in [0, 0.05) is 22.8 Å². The molecule has 0 aliphatic heterocycles. The minimum Gasteiger partial charge on any atom is -0.335 e. The van der Waals surface area contributed by atoms with Crippen molar-refractivity contribution in [2.24, 2.45) is 0 Å². The number of benzene rings is 3. The normalized spacial score (nSPS) is 15.6. The molecule has 0 amide bonds. The van der Waals surface area contributed by atoms with Crippen molar-refractivity contribution in [1.29, 1.82) is 0 Å². The number of nitrogens with zero attached hydrogens (tertiary/aromatic N) is 1. The average Bonchev–Trinajstić information content (AvgIpc) is 3.00. The van der Waals surface area contributed by atoms with E-state index in [1.807, 2.05) is 0 Å². The standard InChI is InChI=1S/C30H33N/c1-7-21(2)12-15-23(4)31(24-16-13-22(3)14-17-24)25-18-19-27-26-10-8-9-11-28(26)30(5,6)29(27)20-25/h7-20,23H,1-6H3/b15-12-,21-7-. The van der Waals surface area contributed by atoms with Gasteiger partial charge in [-0.05, 0) is 74.2 Å². The van der Waals surface area contributed by atoms with Gasteiger partial charge in [-0.25, -0.2) is 0 Å². The molecule has 3 aromatic rings. The zero-order chi connectivity index (χ0) is 22.2. The van der Waals surface area contributed by atoms with Gasteiger partial charge in [0.2, 0.25) is 0 Å². The van der Waals surface area contributed by atoms with E-state index in [1.54, 1.807) is 0 Å². The van der Waals surface area contributed by atoms with Crippen LogP contribution in [0, 0.1) is 6.92 Å². The monoisotopic (exact) mass is 407 g/mol. The number of hydrogen-bond acceptors (Lipinski definition) is 1. The fourth-order valence-electron chi connectivity index (χ4n) is 4.64. The number of hydrogen-bond donors (Lipinski definition) is 0. The third-order valence-electron chi connectivity index (χ3n) is 6.66. The van der Waals surface area contributed by atoms with Crippen LogP contribution in [0.15, 0.2) is 90.5 Å². The Balaban J connectivity index is 1.82. The predicted octanol–water partition coefficient (Wildman–Crippen LogP) is 8.35. The molecule has 0 spiro atoms. The summed E-state index contributed by atoms with van der Waals surface area (Å²) in [5.41, 5.74) is 10.6. The highest BCUT2D eigenvalue weighted by atomic mass is 15.2. The van der Waals surface area contributed by atoms with Gasteiger partial charge >= 0.3 is 0 Å². The Bertz CT molecular complexity index is 1150. The van der Waals surface area contributed by atoms with Crippen LogP contribution < -0.4 is 4.90 Å². The number of aryl methyl sites for hydroxylation is 1. The van der Waals surface area contributed by atoms with Crippen LogP contribution in [0.4, 0.5) is 11.4 Å². The third-order valence-corrected chi connectivity index (χ3v) is 6.66. The topological polar surface area (TPSA) is 3.24 Å². The van der Waals surface area contributed by atoms with E-state index in [4.69, 9.17) is 0 Å². The summed E-state index contributed by atoms with van der Waals surface area (Å²) in [6, 6.07) is 24.9. The van der Waals surface area contributed by atoms with Crippen molar-refractivity contribution in [3.05, 3.63) is 107 Å². The zero-order valence-electron chi connectivity index (χ0n) is 19.6. The van der Waals surface area contributed by atoms with Crippen molar-refractivity contribution in [3.8, 4) is 11.1 Å². The Morgan fingerprint density at radius 1 is 0.871 bits per heavy atom. The molecule has 1 nitrogen and oxygen atoms in total. The van der Waals surface area contributed by atoms with Crippen LogP contribution in [0.25, 0.3) is 11.1 Å². The van der Waals surface area contributed by atoms with E-state index in [2.05, 4.69) is 131 Å². The summed E-state index contributed by atoms with van der Waals surface area (Å²) in [5, 5.41) is 0. The summed E-state index contributed by atoms with van der Waals surface area (Å²) in [5.74, 6) is 0. The molecule has 31 heavy (non-hydrogen) atoms. The Labute approximate surface area is 187 Å². The van der Waals surface area contributed by atoms with Gasteiger partial charge in [-0.15, -0.1) is 0 Å². The molecule has 3 aromatic carbocycles. The number of fused-ring (bicyclic) bond motifs is 3. The van der Waals surface area contributed by atoms with Crippen molar-refractivity contribution >= 4 is 11.4 Å². The minimum absolute atomic E-state index is 0.00148. The minimum atomic E-state index is 0.00148. The van der Waals surface area contributed by atoms with Crippen molar-refractivity contribution in [3.63, 3.8) is 0 Å². The van der Waals surface area contributed by atoms with E-state index in [0.29, 0.717) is 0 Å². The smallest absolute Gasteiger partial charge is 0.0497 e. The van der Waals surface area contributed by atoms with E-state index in [-0.39, 0.29) is 11.5 Å². The van der Waals surface area contributed by atoms with Gasteiger partial charge in [-0.1, -0.05) is 85.7 Å². The van der Waals surface area contributed by atoms with Crippen molar-refractivity contribution < 1.29 is 0 Å². The first-order valence-electron chi connectivity index (χ1n) is 11.2. The summed E-state index contributed by atoms with van der Waals surface area (Å²) in [4.78, 5) is 2.44. The lowest BCUT2D eigenvalue weighted by atomic mass is 9.82. The number of anilines is 2. The maximum absolute atomic E-state index is 2.44. The lowest BCUT2D eigenvalue weighted by molar-refractivity contribution is 0.660. The molecule has 1 unspecified atom stereocenters. The molecule has 0 saturated carbocycles. The second kappa shape index (κ2) is 8.23. The molecule has 158 valence electrons. The quantitative estimate of drug-likeness (QED) is 0.384. The van der Waals surface area contributed by atoms with Gasteiger partial charge in [-0.2, -0.15) is 0 Å². The summed E-state index contributed by atoms with van der Waals surface area (Å²) in [6.07, 6.45) is 6.66. The van der Waals surface area contributed by atoms with E-state index in [9.17, 15) is 0 Å². The lowest BCUT2D eigenvalue weighted by Gasteiger charge is -2.31. The van der Waals surface area contributed by atoms with Crippen LogP contribution in [0.2, 0.25) is 0 Å². The molecule has 0 saturated heterocycles. The first-order chi connectivity index (χ1) is 14.8. The van der Waals surface area contributed by atoms with Crippen LogP contribution in [0.3, 0.4) is 0 Å². The first-order valence-corrected chi connectivity index (χ1v) is 11.2. The lowest BCUT2D eigenvalue weighted by Crippen LogP contribution is -2.27. The largest absolute Gasteiger partial charge is 0.335 e. The van der Waals surface area contributed by atoms with E-state index >= 15 is 0 Å². The van der Waals surface area contributed by atoms with Crippen LogP contribution in [0.1, 0.15) is 51.3 Å². The zero-order valence-corrected chi connectivity index (χ0v) is 19.6. The van der Waals surface area contributed by atoms with Crippen LogP contribution in [-0.2, 0) is 5.41 Å². The maximum atomic E-state index is 2.44. The molecule has 4 rings (SSSR count). The molecule has 1 heteroatoms. The highest BCUT2D eigenvalue weighted by molar-refractivity contribution is 5.83. The molecule has 0 N–H and O–H groups in total. The van der Waals surface area contributed by atoms with Crippen LogP contribution in [0.5, 0.6) is 0 Å². The summed E-state index contributed by atoms with van der Waals surface area (Å²) < 4.78 is 0. The predicted molar refractivity (Wildman–Crippen MR) is 135 cm³/mol. The highest BCUT2D eigenvalue weighted by Crippen LogP contribution is 2.50. The Hall–Kier alpha value is -3.06. The summed E-state index contributed by atoms with van der Waals surface area (Å²) in [7, 11) is 0. The highest BCUT2D eigenvalue weighted by Gasteiger charge is 2.35. The van der Waals surface area contributed by atoms with Crippen LogP contribution in [-0.4, -0.2) is 6.04 Å². The van der Waals surface area contributed by atoms with Gasteiger partial charge in [0.05, 0.1) is 0 Å². The Morgan fingerprint density at radius 2 is 1.52 bits per heavy atom. The second-order valence-corrected chi connectivity index (χ2v) is 9.24. The first kappa shape index (κ1) is 21.2. The van der Waals surface area contributed by atoms with Gasteiger partial charge in [0.1, 0.15) is 0 Å². The summed E-state index contributed by atoms with van der Waals surface area (Å²) in [6.45, 7) is 13.3. The third kappa shape index (κ3) is 3.85. The average molecular weight is 408 g/mol. The molecule has 0 fully saturated rings. The van der Waals surface area contributed by atoms with E-state index in [1.165, 1.54) is 44.8 Å². The Kier molecular flexibility index (Phi) is 5.62. The molecular weight excluding hydrogens is 374 g/mol. The number of allylic oxidation sites excluding steroid dienone is 3. The van der Waals surface area contributed by atoms with Gasteiger partial charge in [-0.3, -0.25) is 0 Å². The van der Waals surface area contributed by atoms with Crippen molar-refractivity contribution in [2.75, 3.05) is 4.90 Å². The fourth-order valence-corrected chi connectivity index (χ4v) is 4.64. The van der Waals surface area contributed by atoms with Crippen LogP contribution >= 0.6 is 0 Å². The second-order valence-electron chi connectivity index (χ2n) is 9.24. The SMILES string of the molecule is C/C=C(C)\C=C/C(C)N(c1ccc(C)cc1)c1ccc2c(c1)C(C)(C)c1ccccc1-2. The number of rotatable bonds is 5. The fraction of sp³-hybridized carbons (Fsp3) is 0.267. The van der Waals surface area contributed by atoms with Crippen molar-refractivity contribution in [2.45, 2.75) is 53.0 Å².